The van der Waals surface area contributed by atoms with Gasteiger partial charge in [0.2, 0.25) is 0 Å². The first-order chi connectivity index (χ1) is 31.6. The van der Waals surface area contributed by atoms with E-state index in [0.717, 1.165) is 47.3 Å². The standard InChI is InChI=1S/10C7H16/c1-6(2)7(3,4)5;2*1-5-6-7(2,3)4;2*1-5-7(3,4)6-2;2*1-5-7(4)6(2)3;2*1-4-6-7(3)5-2;1-4-7(5-2)6-3/h6H,1-5H3;4*5-6H2,1-4H3;2*6-7H,5H2,1-4H3;3*7H,4-6H2,1-3H3/t;;;;;7-;;;;/m.....0..../s1. The van der Waals surface area contributed by atoms with Crippen molar-refractivity contribution < 1.29 is 0 Å². The van der Waals surface area contributed by atoms with Crippen molar-refractivity contribution in [3.63, 3.8) is 0 Å². The minimum atomic E-state index is 0.500. The third kappa shape index (κ3) is 105. The Morgan fingerprint density at radius 1 is 0.286 bits per heavy atom. The maximum absolute atomic E-state index is 2.31. The van der Waals surface area contributed by atoms with Crippen LogP contribution in [0, 0.1) is 74.4 Å². The van der Waals surface area contributed by atoms with Gasteiger partial charge < -0.3 is 0 Å². The fraction of sp³-hybridized carbons (Fsp3) is 1.00. The van der Waals surface area contributed by atoms with E-state index in [1.165, 1.54) is 122 Å². The summed E-state index contributed by atoms with van der Waals surface area (Å²) in [6.45, 7) is 86.1. The first-order valence-electron chi connectivity index (χ1n) is 31.6. The zero-order valence-corrected chi connectivity index (χ0v) is 58.6. The minimum absolute atomic E-state index is 0.500. The van der Waals surface area contributed by atoms with Crippen molar-refractivity contribution in [3.05, 3.63) is 0 Å². The van der Waals surface area contributed by atoms with E-state index in [4.69, 9.17) is 0 Å². The molecule has 0 N–H and O–H groups in total. The van der Waals surface area contributed by atoms with E-state index >= 15 is 0 Å². The molecule has 0 aromatic heterocycles. The fourth-order valence-electron chi connectivity index (χ4n) is 5.20. The average molecular weight is 1000 g/mol. The van der Waals surface area contributed by atoms with Gasteiger partial charge in [-0.05, 0) is 87.3 Å². The highest BCUT2D eigenvalue weighted by molar-refractivity contribution is 4.65. The first-order valence-corrected chi connectivity index (χ1v) is 31.6. The third-order valence-electron chi connectivity index (χ3n) is 15.8. The minimum Gasteiger partial charge on any atom is -0.0654 e. The molecule has 0 bridgehead atoms. The van der Waals surface area contributed by atoms with Gasteiger partial charge in [-0.2, -0.15) is 0 Å². The molecule has 0 saturated carbocycles. The third-order valence-corrected chi connectivity index (χ3v) is 15.8. The summed E-state index contributed by atoms with van der Waals surface area (Å²) in [6.07, 6.45) is 25.3. The van der Waals surface area contributed by atoms with Gasteiger partial charge in [0, 0.05) is 0 Å². The zero-order chi connectivity index (χ0) is 58.6. The van der Waals surface area contributed by atoms with Crippen LogP contribution in [-0.2, 0) is 0 Å². The first kappa shape index (κ1) is 92.6. The molecule has 0 saturated heterocycles. The van der Waals surface area contributed by atoms with E-state index in [9.17, 15) is 0 Å². The van der Waals surface area contributed by atoms with E-state index in [2.05, 4.69) is 263 Å². The topological polar surface area (TPSA) is 0 Å². The molecule has 0 heteroatoms. The largest absolute Gasteiger partial charge is 0.0654 e. The van der Waals surface area contributed by atoms with Gasteiger partial charge in [0.15, 0.2) is 0 Å². The van der Waals surface area contributed by atoms with E-state index in [1.54, 1.807) is 0 Å². The molecule has 0 aromatic carbocycles. The highest BCUT2D eigenvalue weighted by Crippen LogP contribution is 2.25. The SMILES string of the molecule is CC(C)C(C)(C)C.CCC(C)(C)CC.CCC(C)(C)CC.CCC(C)C(C)C.CCC(CC)CC.CCCC(C)(C)C.CCCC(C)(C)C.CCCC(C)CC.CCCC(C)CC.CC[C@H](C)C(C)C. The lowest BCUT2D eigenvalue weighted by Gasteiger charge is -2.22. The molecule has 0 aromatic rings. The molecule has 0 aliphatic rings. The summed E-state index contributed by atoms with van der Waals surface area (Å²) in [5.41, 5.74) is 2.77. The van der Waals surface area contributed by atoms with E-state index < -0.39 is 0 Å². The fourth-order valence-corrected chi connectivity index (χ4v) is 5.20. The highest BCUT2D eigenvalue weighted by Gasteiger charge is 2.14. The summed E-state index contributed by atoms with van der Waals surface area (Å²) in [5, 5.41) is 0. The molecular formula is C70H160. The van der Waals surface area contributed by atoms with Crippen LogP contribution in [0.3, 0.4) is 0 Å². The quantitative estimate of drug-likeness (QED) is 0.121. The van der Waals surface area contributed by atoms with Crippen molar-refractivity contribution in [2.75, 3.05) is 0 Å². The molecule has 0 aliphatic carbocycles. The van der Waals surface area contributed by atoms with Crippen LogP contribution >= 0.6 is 0 Å². The average Bonchev–Trinajstić information content (AvgIpc) is 3.27. The smallest absolute Gasteiger partial charge is 0.0359 e. The van der Waals surface area contributed by atoms with E-state index in [-0.39, 0.29) is 0 Å². The van der Waals surface area contributed by atoms with Crippen molar-refractivity contribution in [2.45, 2.75) is 385 Å². The summed E-state index contributed by atoms with van der Waals surface area (Å²) >= 11 is 0. The predicted octanol–water partition coefficient (Wildman–Crippen LogP) is 27.9. The van der Waals surface area contributed by atoms with Crippen LogP contribution in [0.5, 0.6) is 0 Å². The monoisotopic (exact) mass is 1000 g/mol. The lowest BCUT2D eigenvalue weighted by atomic mass is 9.84. The summed E-state index contributed by atoms with van der Waals surface area (Å²) in [7, 11) is 0. The molecule has 3 unspecified atom stereocenters. The van der Waals surface area contributed by atoms with Crippen molar-refractivity contribution in [1.29, 1.82) is 0 Å². The molecule has 0 rings (SSSR count). The Labute approximate surface area is 457 Å². The zero-order valence-electron chi connectivity index (χ0n) is 58.6. The summed E-state index contributed by atoms with van der Waals surface area (Å²) < 4.78 is 0. The van der Waals surface area contributed by atoms with Gasteiger partial charge in [0.05, 0.1) is 0 Å². The molecule has 70 heavy (non-hydrogen) atoms. The molecule has 0 spiro atoms. The Morgan fingerprint density at radius 2 is 0.500 bits per heavy atom. The van der Waals surface area contributed by atoms with Crippen LogP contribution in [0.15, 0.2) is 0 Å². The second-order valence-corrected chi connectivity index (χ2v) is 27.8. The summed E-state index contributed by atoms with van der Waals surface area (Å²) in [5.74, 6) is 7.22. The lowest BCUT2D eigenvalue weighted by Crippen LogP contribution is -2.12. The van der Waals surface area contributed by atoms with Crippen molar-refractivity contribution in [3.8, 4) is 0 Å². The number of rotatable bonds is 19. The van der Waals surface area contributed by atoms with Gasteiger partial charge >= 0.3 is 0 Å². The Bertz CT molecular complexity index is 772. The second-order valence-electron chi connectivity index (χ2n) is 27.8. The molecule has 440 valence electrons. The Morgan fingerprint density at radius 3 is 0.514 bits per heavy atom. The van der Waals surface area contributed by atoms with Crippen LogP contribution in [0.25, 0.3) is 0 Å². The molecule has 0 fully saturated rings. The molecule has 0 heterocycles. The van der Waals surface area contributed by atoms with Crippen molar-refractivity contribution >= 4 is 0 Å². The maximum atomic E-state index is 2.31. The maximum Gasteiger partial charge on any atom is -0.0359 e. The van der Waals surface area contributed by atoms with Crippen LogP contribution < -0.4 is 0 Å². The van der Waals surface area contributed by atoms with Gasteiger partial charge in [-0.15, -0.1) is 0 Å². The van der Waals surface area contributed by atoms with Gasteiger partial charge in [-0.1, -0.05) is 372 Å². The molecule has 0 aliphatic heterocycles. The Balaban J connectivity index is -0.0000000714. The Kier molecular flexibility index (Phi) is 79.2. The van der Waals surface area contributed by atoms with Crippen LogP contribution in [0.1, 0.15) is 385 Å². The second kappa shape index (κ2) is 59.9. The molecule has 0 radical (unpaired) electrons. The molecular weight excluding hydrogens is 841 g/mol. The summed E-state index contributed by atoms with van der Waals surface area (Å²) in [6, 6.07) is 0. The molecule has 0 amide bonds. The van der Waals surface area contributed by atoms with Gasteiger partial charge in [-0.3, -0.25) is 0 Å². The van der Waals surface area contributed by atoms with E-state index in [1.807, 2.05) is 0 Å². The number of hydrogen-bond donors (Lipinski definition) is 0. The van der Waals surface area contributed by atoms with Crippen LogP contribution in [0.4, 0.5) is 0 Å². The van der Waals surface area contributed by atoms with E-state index in [0.29, 0.717) is 27.1 Å². The predicted molar refractivity (Wildman–Crippen MR) is 343 cm³/mol. The van der Waals surface area contributed by atoms with Crippen LogP contribution in [0.2, 0.25) is 0 Å². The van der Waals surface area contributed by atoms with Gasteiger partial charge in [-0.25, -0.2) is 0 Å². The normalized spacial score (nSPS) is 12.9. The van der Waals surface area contributed by atoms with Crippen molar-refractivity contribution in [1.82, 2.24) is 0 Å². The van der Waals surface area contributed by atoms with Crippen molar-refractivity contribution in [2.24, 2.45) is 74.4 Å². The number of hydrogen-bond acceptors (Lipinski definition) is 0. The molecule has 4 atom stereocenters. The van der Waals surface area contributed by atoms with Crippen LogP contribution in [-0.4, -0.2) is 0 Å². The molecule has 0 nitrogen and oxygen atoms in total. The highest BCUT2D eigenvalue weighted by atomic mass is 14.2. The van der Waals surface area contributed by atoms with Gasteiger partial charge in [0.25, 0.3) is 0 Å². The Hall–Kier alpha value is 0. The summed E-state index contributed by atoms with van der Waals surface area (Å²) in [4.78, 5) is 0. The lowest BCUT2D eigenvalue weighted by molar-refractivity contribution is 0.283. The van der Waals surface area contributed by atoms with Gasteiger partial charge in [0.1, 0.15) is 0 Å².